The summed E-state index contributed by atoms with van der Waals surface area (Å²) in [6, 6.07) is 9.39. The number of nitrogens with two attached hydrogens (primary N) is 1. The van der Waals surface area contributed by atoms with E-state index in [0.717, 1.165) is 4.09 Å². The van der Waals surface area contributed by atoms with Crippen molar-refractivity contribution in [1.29, 1.82) is 0 Å². The second kappa shape index (κ2) is 12.1. The van der Waals surface area contributed by atoms with Crippen molar-refractivity contribution in [3.05, 3.63) is 78.0 Å². The van der Waals surface area contributed by atoms with Crippen molar-refractivity contribution in [3.8, 4) is 17.0 Å². The van der Waals surface area contributed by atoms with Gasteiger partial charge in [-0.3, -0.25) is 14.5 Å². The highest BCUT2D eigenvalue weighted by atomic mass is 32.2. The zero-order valence-electron chi connectivity index (χ0n) is 19.8. The monoisotopic (exact) mass is 581 g/mol. The number of rotatable bonds is 11. The molecule has 2 atom stereocenters. The molecule has 4 N–H and O–H groups in total. The number of primary amides is 1. The average Bonchev–Trinajstić information content (AvgIpc) is 3.28. The van der Waals surface area contributed by atoms with Crippen LogP contribution in [0.4, 0.5) is 34.4 Å². The number of amides is 1. The molecule has 1 amide bonds. The molecule has 2 aromatic carbocycles. The first-order valence-electron chi connectivity index (χ1n) is 10.9. The Hall–Kier alpha value is -4.18. The summed E-state index contributed by atoms with van der Waals surface area (Å²) in [5.41, 5.74) is 6.01. The van der Waals surface area contributed by atoms with Gasteiger partial charge in [0.2, 0.25) is 0 Å². The zero-order chi connectivity index (χ0) is 28.1. The third kappa shape index (κ3) is 6.46. The van der Waals surface area contributed by atoms with Crippen LogP contribution in [0.3, 0.4) is 0 Å². The first kappa shape index (κ1) is 27.8. The number of aromatic nitrogens is 4. The summed E-state index contributed by atoms with van der Waals surface area (Å²) in [4.78, 5) is 20.4. The lowest BCUT2D eigenvalue weighted by Crippen LogP contribution is -2.15. The minimum atomic E-state index is -3.19. The number of halogens is 4. The maximum Gasteiger partial charge on any atom is 0.330 e. The fourth-order valence-electron chi connectivity index (χ4n) is 3.48. The summed E-state index contributed by atoms with van der Waals surface area (Å²) in [6.45, 7) is 1.62. The van der Waals surface area contributed by atoms with Crippen LogP contribution in [0.15, 0.2) is 61.1 Å². The maximum absolute atomic E-state index is 13.8. The SMILES string of the molecule is CC(Oc1cc(-c2nn(SF)c(Nc3cnccn3)c2C(N)=O)ccc1NS(=O)C(F)F)c1ccc(F)cc1. The van der Waals surface area contributed by atoms with E-state index in [2.05, 4.69) is 25.1 Å². The molecule has 204 valence electrons. The van der Waals surface area contributed by atoms with Gasteiger partial charge in [-0.1, -0.05) is 18.2 Å². The van der Waals surface area contributed by atoms with Crippen LogP contribution in [0.1, 0.15) is 28.9 Å². The number of carbonyl (C=O) groups excluding carboxylic acids is 1. The van der Waals surface area contributed by atoms with Gasteiger partial charge < -0.3 is 15.8 Å². The first-order valence-corrected chi connectivity index (χ1v) is 12.8. The number of benzene rings is 2. The van der Waals surface area contributed by atoms with Crippen molar-refractivity contribution >= 4 is 46.5 Å². The van der Waals surface area contributed by atoms with E-state index in [-0.39, 0.29) is 52.2 Å². The molecule has 0 fully saturated rings. The Morgan fingerprint density at radius 1 is 1.18 bits per heavy atom. The van der Waals surface area contributed by atoms with Gasteiger partial charge >= 0.3 is 5.76 Å². The third-order valence-electron chi connectivity index (χ3n) is 5.25. The van der Waals surface area contributed by atoms with Crippen LogP contribution in [0.5, 0.6) is 5.75 Å². The molecule has 2 aromatic heterocycles. The number of anilines is 3. The molecule has 2 heterocycles. The van der Waals surface area contributed by atoms with Gasteiger partial charge in [-0.05, 0) is 36.8 Å². The third-order valence-corrected chi connectivity index (χ3v) is 6.39. The number of nitrogens with one attached hydrogen (secondary N) is 2. The largest absolute Gasteiger partial charge is 0.484 e. The van der Waals surface area contributed by atoms with Crippen molar-refractivity contribution in [3.63, 3.8) is 0 Å². The van der Waals surface area contributed by atoms with Crippen LogP contribution in [-0.4, -0.2) is 35.0 Å². The van der Waals surface area contributed by atoms with E-state index < -0.39 is 34.6 Å². The number of hydrogen-bond acceptors (Lipinski definition) is 8. The molecule has 4 aromatic rings. The van der Waals surface area contributed by atoms with Crippen LogP contribution in [0.2, 0.25) is 0 Å². The summed E-state index contributed by atoms with van der Waals surface area (Å²) in [5.74, 6) is -4.63. The standard InChI is InChI=1S/C23H19F4N7O3S2/c1-12(13-2-5-15(24)6-3-13)37-17-10-14(4-7-16(17)33-39(36)23(25)26)20-19(21(28)35)22(34(32-20)38-27)31-18-11-29-8-9-30-18/h2-12,23,33H,1H3,(H2,28,35)(H,30,31). The zero-order valence-corrected chi connectivity index (χ0v) is 21.5. The fraction of sp³-hybridized carbons (Fsp3) is 0.130. The van der Waals surface area contributed by atoms with E-state index in [0.29, 0.717) is 5.56 Å². The molecule has 0 spiro atoms. The van der Waals surface area contributed by atoms with E-state index in [4.69, 9.17) is 10.5 Å². The number of hydrogen-bond donors (Lipinski definition) is 3. The van der Waals surface area contributed by atoms with Crippen LogP contribution in [0, 0.1) is 5.82 Å². The molecule has 39 heavy (non-hydrogen) atoms. The topological polar surface area (TPSA) is 137 Å². The molecular weight excluding hydrogens is 562 g/mol. The number of ether oxygens (including phenoxy) is 1. The van der Waals surface area contributed by atoms with Crippen LogP contribution in [0.25, 0.3) is 11.3 Å². The lowest BCUT2D eigenvalue weighted by molar-refractivity contribution is 0.100. The van der Waals surface area contributed by atoms with Crippen LogP contribution < -0.4 is 20.5 Å². The minimum Gasteiger partial charge on any atom is -0.484 e. The summed E-state index contributed by atoms with van der Waals surface area (Å²) < 4.78 is 73.9. The molecule has 10 nitrogen and oxygen atoms in total. The van der Waals surface area contributed by atoms with Gasteiger partial charge in [0.1, 0.15) is 34.7 Å². The quantitative estimate of drug-likeness (QED) is 0.207. The Kier molecular flexibility index (Phi) is 8.65. The Bertz CT molecular complexity index is 1490. The molecule has 0 aliphatic rings. The molecule has 2 unspecified atom stereocenters. The Labute approximate surface area is 226 Å². The molecule has 0 bridgehead atoms. The number of alkyl halides is 2. The molecule has 0 aliphatic heterocycles. The first-order chi connectivity index (χ1) is 18.7. The summed E-state index contributed by atoms with van der Waals surface area (Å²) >= 11 is -0.321. The van der Waals surface area contributed by atoms with Gasteiger partial charge in [-0.15, -0.1) is 3.89 Å². The maximum atomic E-state index is 13.8. The summed E-state index contributed by atoms with van der Waals surface area (Å²) in [7, 11) is -2.76. The molecule has 0 saturated carbocycles. The smallest absolute Gasteiger partial charge is 0.330 e. The molecule has 4 rings (SSSR count). The van der Waals surface area contributed by atoms with E-state index in [9.17, 15) is 26.1 Å². The van der Waals surface area contributed by atoms with Crippen molar-refractivity contribution in [2.24, 2.45) is 5.73 Å². The molecule has 0 aliphatic carbocycles. The lowest BCUT2D eigenvalue weighted by atomic mass is 10.1. The molecule has 0 radical (unpaired) electrons. The average molecular weight is 582 g/mol. The Balaban J connectivity index is 1.79. The predicted octanol–water partition coefficient (Wildman–Crippen LogP) is 5.14. The second-order valence-corrected chi connectivity index (χ2v) is 9.42. The van der Waals surface area contributed by atoms with Gasteiger partial charge in [0.15, 0.2) is 29.1 Å². The van der Waals surface area contributed by atoms with Crippen molar-refractivity contribution in [2.75, 3.05) is 10.0 Å². The second-order valence-electron chi connectivity index (χ2n) is 7.78. The summed E-state index contributed by atoms with van der Waals surface area (Å²) in [6.07, 6.45) is 3.40. The molecule has 0 saturated heterocycles. The summed E-state index contributed by atoms with van der Waals surface area (Å²) in [5, 5.41) is 6.87. The van der Waals surface area contributed by atoms with Crippen molar-refractivity contribution < 1.29 is 30.8 Å². The van der Waals surface area contributed by atoms with E-state index in [1.165, 1.54) is 61.1 Å². The minimum absolute atomic E-state index is 0.0559. The van der Waals surface area contributed by atoms with Gasteiger partial charge in [0.05, 0.1) is 11.9 Å². The van der Waals surface area contributed by atoms with E-state index >= 15 is 0 Å². The van der Waals surface area contributed by atoms with Gasteiger partial charge in [-0.25, -0.2) is 13.6 Å². The van der Waals surface area contributed by atoms with Crippen LogP contribution >= 0.6 is 12.3 Å². The Morgan fingerprint density at radius 3 is 2.54 bits per heavy atom. The van der Waals surface area contributed by atoms with Gasteiger partial charge in [0, 0.05) is 18.0 Å². The van der Waals surface area contributed by atoms with Crippen molar-refractivity contribution in [1.82, 2.24) is 19.2 Å². The lowest BCUT2D eigenvalue weighted by Gasteiger charge is -2.19. The number of nitrogens with zero attached hydrogens (tertiary/aromatic N) is 4. The normalized spacial score (nSPS) is 12.7. The Morgan fingerprint density at radius 2 is 1.92 bits per heavy atom. The molecular formula is C23H19F4N7O3S2. The number of carbonyl (C=O) groups is 1. The van der Waals surface area contributed by atoms with Crippen LogP contribution in [-0.2, 0) is 11.0 Å². The highest BCUT2D eigenvalue weighted by Gasteiger charge is 2.26. The van der Waals surface area contributed by atoms with E-state index in [1.807, 2.05) is 0 Å². The highest BCUT2D eigenvalue weighted by Crippen LogP contribution is 2.38. The van der Waals surface area contributed by atoms with Crippen molar-refractivity contribution in [2.45, 2.75) is 18.8 Å². The van der Waals surface area contributed by atoms with Gasteiger partial charge in [0.25, 0.3) is 5.91 Å². The molecule has 16 heteroatoms. The van der Waals surface area contributed by atoms with E-state index in [1.54, 1.807) is 6.92 Å². The highest BCUT2D eigenvalue weighted by molar-refractivity contribution is 7.92. The fourth-order valence-corrected chi connectivity index (χ4v) is 4.27. The van der Waals surface area contributed by atoms with Gasteiger partial charge in [-0.2, -0.15) is 18.0 Å². The predicted molar refractivity (Wildman–Crippen MR) is 139 cm³/mol.